The molecule has 2 aromatic carbocycles. The van der Waals surface area contributed by atoms with Gasteiger partial charge in [0.05, 0.1) is 18.2 Å². The first-order valence-electron chi connectivity index (χ1n) is 7.51. The number of non-ortho nitro benzene ring substituents is 1. The van der Waals surface area contributed by atoms with E-state index in [1.165, 1.54) is 55.8 Å². The van der Waals surface area contributed by atoms with E-state index in [1.807, 2.05) is 0 Å². The van der Waals surface area contributed by atoms with Crippen molar-refractivity contribution in [3.63, 3.8) is 0 Å². The van der Waals surface area contributed by atoms with Crippen molar-refractivity contribution < 1.29 is 19.6 Å². The fourth-order valence-corrected chi connectivity index (χ4v) is 2.06. The minimum Gasteiger partial charge on any atom is -0.504 e. The van der Waals surface area contributed by atoms with Gasteiger partial charge >= 0.3 is 0 Å². The zero-order valence-electron chi connectivity index (χ0n) is 14.1. The van der Waals surface area contributed by atoms with Crippen LogP contribution in [-0.2, 0) is 4.79 Å². The first-order chi connectivity index (χ1) is 12.9. The zero-order valence-corrected chi connectivity index (χ0v) is 14.1. The largest absolute Gasteiger partial charge is 0.504 e. The number of phenolic OH excluding ortho intramolecular Hbond substituents is 1. The summed E-state index contributed by atoms with van der Waals surface area (Å²) in [6.45, 7) is 0. The molecule has 0 saturated heterocycles. The summed E-state index contributed by atoms with van der Waals surface area (Å²) < 4.78 is 4.92. The van der Waals surface area contributed by atoms with Crippen molar-refractivity contribution in [3.8, 4) is 17.6 Å². The van der Waals surface area contributed by atoms with Gasteiger partial charge in [-0.15, -0.1) is 0 Å². The van der Waals surface area contributed by atoms with Crippen LogP contribution in [0.1, 0.15) is 11.1 Å². The third-order valence-corrected chi connectivity index (χ3v) is 3.34. The van der Waals surface area contributed by atoms with Crippen LogP contribution in [0.25, 0.3) is 6.08 Å². The van der Waals surface area contributed by atoms with Crippen molar-refractivity contribution >= 4 is 23.9 Å². The maximum Gasteiger partial charge on any atom is 0.282 e. The van der Waals surface area contributed by atoms with E-state index in [0.29, 0.717) is 16.9 Å². The molecule has 9 nitrogen and oxygen atoms in total. The van der Waals surface area contributed by atoms with Crippen molar-refractivity contribution in [1.29, 1.82) is 5.26 Å². The minimum atomic E-state index is -0.780. The molecule has 0 aromatic heterocycles. The molecule has 0 radical (unpaired) electrons. The lowest BCUT2D eigenvalue weighted by Gasteiger charge is -2.03. The maximum atomic E-state index is 12.0. The predicted molar refractivity (Wildman–Crippen MR) is 97.1 cm³/mol. The summed E-state index contributed by atoms with van der Waals surface area (Å²) >= 11 is 0. The molecule has 27 heavy (non-hydrogen) atoms. The molecular weight excluding hydrogens is 352 g/mol. The number of nitrogens with zero attached hydrogens (tertiary/aromatic N) is 3. The summed E-state index contributed by atoms with van der Waals surface area (Å²) in [7, 11) is 1.42. The number of hydrogen-bond donors (Lipinski definition) is 2. The van der Waals surface area contributed by atoms with Gasteiger partial charge in [-0.05, 0) is 35.4 Å². The Labute approximate surface area is 154 Å². The fraction of sp³-hybridized carbons (Fsp3) is 0.0556. The van der Waals surface area contributed by atoms with Crippen molar-refractivity contribution in [1.82, 2.24) is 5.43 Å². The lowest BCUT2D eigenvalue weighted by atomic mass is 10.1. The number of nitro groups is 1. The number of hydrazone groups is 1. The van der Waals surface area contributed by atoms with Crippen LogP contribution < -0.4 is 10.2 Å². The number of methoxy groups -OCH3 is 1. The van der Waals surface area contributed by atoms with Crippen LogP contribution in [0.2, 0.25) is 0 Å². The summed E-state index contributed by atoms with van der Waals surface area (Å²) in [6, 6.07) is 11.8. The Kier molecular flexibility index (Phi) is 6.22. The summed E-state index contributed by atoms with van der Waals surface area (Å²) in [5.41, 5.74) is 2.58. The molecule has 2 N–H and O–H groups in total. The monoisotopic (exact) mass is 366 g/mol. The average Bonchev–Trinajstić information content (AvgIpc) is 2.66. The molecule has 1 amide bonds. The van der Waals surface area contributed by atoms with Crippen LogP contribution in [0.4, 0.5) is 5.69 Å². The number of nitrogens with one attached hydrogen (secondary N) is 1. The molecule has 0 atom stereocenters. The predicted octanol–water partition coefficient (Wildman–Crippen LogP) is 2.37. The fourth-order valence-electron chi connectivity index (χ4n) is 2.06. The molecule has 0 spiro atoms. The van der Waals surface area contributed by atoms with Gasteiger partial charge in [-0.3, -0.25) is 14.9 Å². The molecule has 0 saturated carbocycles. The smallest absolute Gasteiger partial charge is 0.282 e. The summed E-state index contributed by atoms with van der Waals surface area (Å²) in [5.74, 6) is -0.572. The number of carbonyl (C=O) groups excluding carboxylic acids is 1. The second-order valence-corrected chi connectivity index (χ2v) is 5.15. The lowest BCUT2D eigenvalue weighted by Crippen LogP contribution is -2.19. The SMILES string of the molecule is COc1ccc(/C=N\NC(=O)/C(C#N)=C/c2cccc([N+](=O)[O-])c2)cc1O. The highest BCUT2D eigenvalue weighted by atomic mass is 16.6. The van der Waals surface area contributed by atoms with Gasteiger partial charge in [-0.1, -0.05) is 12.1 Å². The van der Waals surface area contributed by atoms with Gasteiger partial charge in [0.1, 0.15) is 11.6 Å². The molecule has 9 heteroatoms. The number of hydrogen-bond acceptors (Lipinski definition) is 7. The van der Waals surface area contributed by atoms with Crippen LogP contribution in [0.3, 0.4) is 0 Å². The van der Waals surface area contributed by atoms with Crippen LogP contribution in [0.5, 0.6) is 11.5 Å². The number of benzene rings is 2. The Bertz CT molecular complexity index is 976. The highest BCUT2D eigenvalue weighted by Crippen LogP contribution is 2.25. The van der Waals surface area contributed by atoms with Crippen LogP contribution in [0.15, 0.2) is 53.1 Å². The first-order valence-corrected chi connectivity index (χ1v) is 7.51. The molecular formula is C18H14N4O5. The normalized spacial score (nSPS) is 11.0. The van der Waals surface area contributed by atoms with Gasteiger partial charge in [-0.2, -0.15) is 10.4 Å². The number of nitriles is 1. The average molecular weight is 366 g/mol. The number of rotatable bonds is 6. The van der Waals surface area contributed by atoms with Crippen molar-refractivity contribution in [2.75, 3.05) is 7.11 Å². The van der Waals surface area contributed by atoms with E-state index < -0.39 is 10.8 Å². The number of phenols is 1. The van der Waals surface area contributed by atoms with Gasteiger partial charge in [0.25, 0.3) is 11.6 Å². The van der Waals surface area contributed by atoms with E-state index in [2.05, 4.69) is 10.5 Å². The summed E-state index contributed by atoms with van der Waals surface area (Å²) in [5, 5.41) is 33.3. The molecule has 0 aliphatic carbocycles. The molecule has 2 aromatic rings. The number of nitro benzene ring substituents is 1. The van der Waals surface area contributed by atoms with Crippen LogP contribution in [-0.4, -0.2) is 29.3 Å². The van der Waals surface area contributed by atoms with E-state index in [-0.39, 0.29) is 17.0 Å². The highest BCUT2D eigenvalue weighted by Gasteiger charge is 2.10. The Morgan fingerprint density at radius 3 is 2.74 bits per heavy atom. The number of amides is 1. The third kappa shape index (κ3) is 5.14. The Balaban J connectivity index is 2.11. The van der Waals surface area contributed by atoms with Crippen LogP contribution in [0, 0.1) is 21.4 Å². The van der Waals surface area contributed by atoms with Crippen molar-refractivity contribution in [2.45, 2.75) is 0 Å². The van der Waals surface area contributed by atoms with E-state index in [4.69, 9.17) is 10.00 Å². The van der Waals surface area contributed by atoms with E-state index >= 15 is 0 Å². The lowest BCUT2D eigenvalue weighted by molar-refractivity contribution is -0.384. The topological polar surface area (TPSA) is 138 Å². The number of ether oxygens (including phenoxy) is 1. The highest BCUT2D eigenvalue weighted by molar-refractivity contribution is 6.02. The van der Waals surface area contributed by atoms with Gasteiger partial charge < -0.3 is 9.84 Å². The molecule has 2 rings (SSSR count). The Hall–Kier alpha value is -4.19. The molecule has 0 bridgehead atoms. The quantitative estimate of drug-likeness (QED) is 0.265. The third-order valence-electron chi connectivity index (χ3n) is 3.34. The van der Waals surface area contributed by atoms with Crippen LogP contribution >= 0.6 is 0 Å². The molecule has 0 heterocycles. The molecule has 0 aliphatic rings. The second kappa shape index (κ2) is 8.77. The molecule has 0 fully saturated rings. The number of carbonyl (C=O) groups is 1. The summed E-state index contributed by atoms with van der Waals surface area (Å²) in [6.07, 6.45) is 2.50. The Morgan fingerprint density at radius 2 is 2.11 bits per heavy atom. The van der Waals surface area contributed by atoms with Gasteiger partial charge in [0.15, 0.2) is 11.5 Å². The maximum absolute atomic E-state index is 12.0. The molecule has 0 unspecified atom stereocenters. The molecule has 136 valence electrons. The van der Waals surface area contributed by atoms with Gasteiger partial charge in [0, 0.05) is 12.1 Å². The summed E-state index contributed by atoms with van der Waals surface area (Å²) in [4.78, 5) is 22.2. The van der Waals surface area contributed by atoms with Crippen molar-refractivity contribution in [2.24, 2.45) is 5.10 Å². The van der Waals surface area contributed by atoms with E-state index in [1.54, 1.807) is 12.1 Å². The molecule has 0 aliphatic heterocycles. The second-order valence-electron chi connectivity index (χ2n) is 5.15. The van der Waals surface area contributed by atoms with Gasteiger partial charge in [0.2, 0.25) is 0 Å². The standard InChI is InChI=1S/C18H14N4O5/c1-27-17-6-5-13(9-16(17)23)11-20-21-18(24)14(10-19)7-12-3-2-4-15(8-12)22(25)26/h2-9,11,23H,1H3,(H,21,24)/b14-7+,20-11-. The van der Waals surface area contributed by atoms with E-state index in [0.717, 1.165) is 0 Å². The first kappa shape index (κ1) is 19.1. The number of aromatic hydroxyl groups is 1. The minimum absolute atomic E-state index is 0.0870. The van der Waals surface area contributed by atoms with Gasteiger partial charge in [-0.25, -0.2) is 5.43 Å². The Morgan fingerprint density at radius 1 is 1.33 bits per heavy atom. The van der Waals surface area contributed by atoms with E-state index in [9.17, 15) is 20.0 Å². The van der Waals surface area contributed by atoms with Crippen molar-refractivity contribution in [3.05, 3.63) is 69.3 Å². The zero-order chi connectivity index (χ0) is 19.8.